The first-order valence-electron chi connectivity index (χ1n) is 5.02. The van der Waals surface area contributed by atoms with Crippen molar-refractivity contribution >= 4 is 39.4 Å². The minimum atomic E-state index is -0.268. The molecule has 0 radical (unpaired) electrons. The van der Waals surface area contributed by atoms with Crippen molar-refractivity contribution in [2.75, 3.05) is 0 Å². The smallest absolute Gasteiger partial charge is 0.281 e. The zero-order valence-corrected chi connectivity index (χ0v) is 11.5. The predicted molar refractivity (Wildman–Crippen MR) is 75.2 cm³/mol. The fraction of sp³-hybridized carbons (Fsp3) is 0. The third-order valence-corrected chi connectivity index (χ3v) is 3.47. The van der Waals surface area contributed by atoms with Crippen LogP contribution in [0.3, 0.4) is 0 Å². The van der Waals surface area contributed by atoms with Gasteiger partial charge in [0.25, 0.3) is 5.91 Å². The molecule has 6 heteroatoms. The molecule has 1 heterocycles. The van der Waals surface area contributed by atoms with Crippen LogP contribution in [-0.2, 0) is 0 Å². The molecular weight excluding hydrogens is 316 g/mol. The van der Waals surface area contributed by atoms with E-state index in [1.165, 1.54) is 17.6 Å². The monoisotopic (exact) mass is 324 g/mol. The molecule has 0 spiro atoms. The number of hydrogen-bond acceptors (Lipinski definition) is 4. The number of phenols is 1. The molecule has 2 rings (SSSR count). The maximum absolute atomic E-state index is 11.6. The standard InChI is InChI=1S/C12H9BrN2O2S/c13-9-3-4-10(16)8(6-9)7-14-15-12(17)11-2-1-5-18-11/h1-7,16H,(H,15,17). The summed E-state index contributed by atoms with van der Waals surface area (Å²) in [5.41, 5.74) is 2.92. The molecule has 0 unspecified atom stereocenters. The lowest BCUT2D eigenvalue weighted by Crippen LogP contribution is -2.16. The first-order chi connectivity index (χ1) is 8.66. The number of rotatable bonds is 3. The van der Waals surface area contributed by atoms with E-state index >= 15 is 0 Å². The molecule has 18 heavy (non-hydrogen) atoms. The number of nitrogens with zero attached hydrogens (tertiary/aromatic N) is 1. The highest BCUT2D eigenvalue weighted by molar-refractivity contribution is 9.10. The fourth-order valence-corrected chi connectivity index (χ4v) is 2.24. The Bertz CT molecular complexity index is 582. The van der Waals surface area contributed by atoms with Crippen molar-refractivity contribution in [3.05, 3.63) is 50.6 Å². The van der Waals surface area contributed by atoms with Gasteiger partial charge in [0.2, 0.25) is 0 Å². The summed E-state index contributed by atoms with van der Waals surface area (Å²) in [4.78, 5) is 12.2. The van der Waals surface area contributed by atoms with Crippen LogP contribution in [0.4, 0.5) is 0 Å². The summed E-state index contributed by atoms with van der Waals surface area (Å²) in [6.07, 6.45) is 1.39. The number of nitrogens with one attached hydrogen (secondary N) is 1. The first kappa shape index (κ1) is 12.8. The van der Waals surface area contributed by atoms with Gasteiger partial charge in [-0.15, -0.1) is 11.3 Å². The number of carbonyl (C=O) groups is 1. The molecule has 0 atom stereocenters. The minimum Gasteiger partial charge on any atom is -0.507 e. The van der Waals surface area contributed by atoms with Crippen LogP contribution in [0.2, 0.25) is 0 Å². The fourth-order valence-electron chi connectivity index (χ4n) is 1.25. The zero-order valence-electron chi connectivity index (χ0n) is 9.13. The molecule has 4 nitrogen and oxygen atoms in total. The van der Waals surface area contributed by atoms with Crippen LogP contribution in [0.1, 0.15) is 15.2 Å². The van der Waals surface area contributed by atoms with Crippen LogP contribution in [0.25, 0.3) is 0 Å². The van der Waals surface area contributed by atoms with Gasteiger partial charge >= 0.3 is 0 Å². The Morgan fingerprint density at radius 3 is 3.00 bits per heavy atom. The number of phenolic OH excluding ortho intramolecular Hbond substituents is 1. The van der Waals surface area contributed by atoms with Crippen LogP contribution < -0.4 is 5.43 Å². The Kier molecular flexibility index (Phi) is 4.11. The van der Waals surface area contributed by atoms with E-state index < -0.39 is 0 Å². The second kappa shape index (κ2) is 5.79. The molecule has 0 aliphatic heterocycles. The average Bonchev–Trinajstić information content (AvgIpc) is 2.87. The molecule has 1 aromatic carbocycles. The normalized spacial score (nSPS) is 10.7. The summed E-state index contributed by atoms with van der Waals surface area (Å²) in [7, 11) is 0. The van der Waals surface area contributed by atoms with Gasteiger partial charge in [0.05, 0.1) is 11.1 Å². The van der Waals surface area contributed by atoms with E-state index in [4.69, 9.17) is 0 Å². The lowest BCUT2D eigenvalue weighted by molar-refractivity contribution is 0.0959. The molecule has 1 aromatic heterocycles. The van der Waals surface area contributed by atoms with Gasteiger partial charge in [-0.3, -0.25) is 4.79 Å². The predicted octanol–water partition coefficient (Wildman–Crippen LogP) is 2.98. The molecule has 0 fully saturated rings. The minimum absolute atomic E-state index is 0.104. The quantitative estimate of drug-likeness (QED) is 0.673. The molecular formula is C12H9BrN2O2S. The molecule has 2 aromatic rings. The second-order valence-corrected chi connectivity index (χ2v) is 5.24. The van der Waals surface area contributed by atoms with Crippen LogP contribution >= 0.6 is 27.3 Å². The maximum atomic E-state index is 11.6. The topological polar surface area (TPSA) is 61.7 Å². The second-order valence-electron chi connectivity index (χ2n) is 3.38. The number of amides is 1. The van der Waals surface area contributed by atoms with Gasteiger partial charge < -0.3 is 5.11 Å². The number of hydrogen-bond donors (Lipinski definition) is 2. The molecule has 92 valence electrons. The van der Waals surface area contributed by atoms with E-state index in [0.29, 0.717) is 10.4 Å². The van der Waals surface area contributed by atoms with Gasteiger partial charge in [0, 0.05) is 10.0 Å². The van der Waals surface area contributed by atoms with E-state index in [2.05, 4.69) is 26.5 Å². The van der Waals surface area contributed by atoms with Crippen LogP contribution in [0, 0.1) is 0 Å². The van der Waals surface area contributed by atoms with E-state index in [0.717, 1.165) is 4.47 Å². The third-order valence-electron chi connectivity index (χ3n) is 2.10. The Morgan fingerprint density at radius 1 is 1.44 bits per heavy atom. The summed E-state index contributed by atoms with van der Waals surface area (Å²) >= 11 is 4.63. The Balaban J connectivity index is 2.03. The van der Waals surface area contributed by atoms with Gasteiger partial charge in [-0.05, 0) is 29.6 Å². The molecule has 0 bridgehead atoms. The largest absolute Gasteiger partial charge is 0.507 e. The lowest BCUT2D eigenvalue weighted by atomic mass is 10.2. The summed E-state index contributed by atoms with van der Waals surface area (Å²) in [6, 6.07) is 8.48. The summed E-state index contributed by atoms with van der Waals surface area (Å²) in [6.45, 7) is 0. The van der Waals surface area contributed by atoms with Gasteiger partial charge in [-0.2, -0.15) is 5.10 Å². The summed E-state index contributed by atoms with van der Waals surface area (Å²) in [5, 5.41) is 15.2. The van der Waals surface area contributed by atoms with Crippen molar-refractivity contribution in [1.82, 2.24) is 5.43 Å². The van der Waals surface area contributed by atoms with Crippen molar-refractivity contribution in [1.29, 1.82) is 0 Å². The number of thiophene rings is 1. The van der Waals surface area contributed by atoms with Gasteiger partial charge in [-0.1, -0.05) is 22.0 Å². The lowest BCUT2D eigenvalue weighted by Gasteiger charge is -1.99. The first-order valence-corrected chi connectivity index (χ1v) is 6.69. The molecule has 0 aliphatic rings. The van der Waals surface area contributed by atoms with Crippen molar-refractivity contribution < 1.29 is 9.90 Å². The number of hydrazone groups is 1. The maximum Gasteiger partial charge on any atom is 0.281 e. The molecule has 0 saturated carbocycles. The van der Waals surface area contributed by atoms with Crippen LogP contribution in [0.15, 0.2) is 45.3 Å². The van der Waals surface area contributed by atoms with E-state index in [1.807, 2.05) is 5.38 Å². The Labute approximate surface area is 116 Å². The highest BCUT2D eigenvalue weighted by Crippen LogP contribution is 2.19. The van der Waals surface area contributed by atoms with Crippen molar-refractivity contribution in [3.63, 3.8) is 0 Å². The van der Waals surface area contributed by atoms with Crippen LogP contribution in [-0.4, -0.2) is 17.2 Å². The van der Waals surface area contributed by atoms with Crippen LogP contribution in [0.5, 0.6) is 5.75 Å². The van der Waals surface area contributed by atoms with Gasteiger partial charge in [-0.25, -0.2) is 5.43 Å². The van der Waals surface area contributed by atoms with E-state index in [9.17, 15) is 9.90 Å². The zero-order chi connectivity index (χ0) is 13.0. The number of aromatic hydroxyl groups is 1. The SMILES string of the molecule is O=C(NN=Cc1cc(Br)ccc1O)c1cccs1. The Morgan fingerprint density at radius 2 is 2.28 bits per heavy atom. The highest BCUT2D eigenvalue weighted by atomic mass is 79.9. The van der Waals surface area contributed by atoms with E-state index in [1.54, 1.807) is 30.3 Å². The van der Waals surface area contributed by atoms with E-state index in [-0.39, 0.29) is 11.7 Å². The molecule has 0 saturated heterocycles. The third kappa shape index (κ3) is 3.18. The van der Waals surface area contributed by atoms with Crippen molar-refractivity contribution in [2.24, 2.45) is 5.10 Å². The van der Waals surface area contributed by atoms with Crippen molar-refractivity contribution in [2.45, 2.75) is 0 Å². The number of benzene rings is 1. The average molecular weight is 325 g/mol. The van der Waals surface area contributed by atoms with Crippen molar-refractivity contribution in [3.8, 4) is 5.75 Å². The number of halogens is 1. The summed E-state index contributed by atoms with van der Waals surface area (Å²) in [5.74, 6) is -0.164. The highest BCUT2D eigenvalue weighted by Gasteiger charge is 2.04. The molecule has 1 amide bonds. The summed E-state index contributed by atoms with van der Waals surface area (Å²) < 4.78 is 0.825. The van der Waals surface area contributed by atoms with Gasteiger partial charge in [0.15, 0.2) is 0 Å². The molecule has 0 aliphatic carbocycles. The molecule has 2 N–H and O–H groups in total. The Hall–Kier alpha value is -1.66. The number of carbonyl (C=O) groups excluding carboxylic acids is 1. The van der Waals surface area contributed by atoms with Gasteiger partial charge in [0.1, 0.15) is 5.75 Å².